The zero-order chi connectivity index (χ0) is 20.8. The van der Waals surface area contributed by atoms with Crippen LogP contribution < -0.4 is 4.90 Å². The molecule has 4 rings (SSSR count). The summed E-state index contributed by atoms with van der Waals surface area (Å²) in [6.07, 6.45) is 0.0681. The number of carbonyl (C=O) groups excluding carboxylic acids is 1. The summed E-state index contributed by atoms with van der Waals surface area (Å²) in [5.41, 5.74) is 3.62. The second-order valence-electron chi connectivity index (χ2n) is 7.55. The zero-order valence-corrected chi connectivity index (χ0v) is 17.8. The van der Waals surface area contributed by atoms with Crippen LogP contribution in [0.5, 0.6) is 0 Å². The van der Waals surface area contributed by atoms with Crippen molar-refractivity contribution in [2.75, 3.05) is 16.4 Å². The SMILES string of the molecule is Cc1ccc(C)c(N2C(=NC(=O)Cc3ccc(F)cc3)S[C@H]3CS(=O)(=O)C[C@@H]32)c1. The minimum atomic E-state index is -3.11. The van der Waals surface area contributed by atoms with Gasteiger partial charge in [0, 0.05) is 10.9 Å². The second-order valence-corrected chi connectivity index (χ2v) is 10.9. The molecule has 1 amide bonds. The molecule has 0 unspecified atom stereocenters. The van der Waals surface area contributed by atoms with Crippen LogP contribution >= 0.6 is 11.8 Å². The molecule has 2 atom stereocenters. The van der Waals surface area contributed by atoms with E-state index in [1.807, 2.05) is 36.9 Å². The van der Waals surface area contributed by atoms with Gasteiger partial charge < -0.3 is 4.90 Å². The first-order valence-corrected chi connectivity index (χ1v) is 12.0. The average Bonchev–Trinajstić information content (AvgIpc) is 3.10. The highest BCUT2D eigenvalue weighted by Gasteiger charge is 2.49. The molecule has 152 valence electrons. The summed E-state index contributed by atoms with van der Waals surface area (Å²) in [6.45, 7) is 3.94. The van der Waals surface area contributed by atoms with Crippen LogP contribution in [-0.4, -0.2) is 42.3 Å². The predicted molar refractivity (Wildman–Crippen MR) is 115 cm³/mol. The van der Waals surface area contributed by atoms with Crippen molar-refractivity contribution in [2.45, 2.75) is 31.6 Å². The van der Waals surface area contributed by atoms with Crippen LogP contribution in [-0.2, 0) is 21.1 Å². The first kappa shape index (κ1) is 20.1. The Morgan fingerprint density at radius 1 is 1.17 bits per heavy atom. The predicted octanol–water partition coefficient (Wildman–Crippen LogP) is 3.29. The smallest absolute Gasteiger partial charge is 0.252 e. The molecule has 0 radical (unpaired) electrons. The van der Waals surface area contributed by atoms with Crippen molar-refractivity contribution in [3.8, 4) is 0 Å². The van der Waals surface area contributed by atoms with Crippen molar-refractivity contribution in [3.63, 3.8) is 0 Å². The lowest BCUT2D eigenvalue weighted by molar-refractivity contribution is -0.117. The van der Waals surface area contributed by atoms with E-state index < -0.39 is 9.84 Å². The highest BCUT2D eigenvalue weighted by molar-refractivity contribution is 8.16. The zero-order valence-electron chi connectivity index (χ0n) is 16.1. The van der Waals surface area contributed by atoms with Crippen LogP contribution in [0.15, 0.2) is 47.5 Å². The Kier molecular flexibility index (Phi) is 5.25. The number of anilines is 1. The van der Waals surface area contributed by atoms with Crippen molar-refractivity contribution in [1.82, 2.24) is 0 Å². The number of sulfone groups is 1. The number of halogens is 1. The molecule has 0 bridgehead atoms. The lowest BCUT2D eigenvalue weighted by Gasteiger charge is -2.26. The highest BCUT2D eigenvalue weighted by Crippen LogP contribution is 2.42. The Labute approximate surface area is 173 Å². The number of benzene rings is 2. The number of hydrogen-bond donors (Lipinski definition) is 0. The summed E-state index contributed by atoms with van der Waals surface area (Å²) in [5.74, 6) is -0.538. The molecule has 2 aromatic rings. The molecule has 8 heteroatoms. The number of rotatable bonds is 3. The van der Waals surface area contributed by atoms with Gasteiger partial charge in [0.25, 0.3) is 5.91 Å². The number of carbonyl (C=O) groups is 1. The summed E-state index contributed by atoms with van der Waals surface area (Å²) in [4.78, 5) is 18.8. The van der Waals surface area contributed by atoms with Gasteiger partial charge in [-0.1, -0.05) is 36.0 Å². The minimum Gasteiger partial charge on any atom is -0.315 e. The summed E-state index contributed by atoms with van der Waals surface area (Å²) in [5, 5.41) is 0.396. The molecule has 2 saturated heterocycles. The van der Waals surface area contributed by atoms with E-state index in [4.69, 9.17) is 0 Å². The van der Waals surface area contributed by atoms with Crippen LogP contribution in [0.4, 0.5) is 10.1 Å². The van der Waals surface area contributed by atoms with E-state index >= 15 is 0 Å². The molecule has 2 fully saturated rings. The fourth-order valence-corrected chi connectivity index (χ4v) is 7.67. The molecule has 0 N–H and O–H groups in total. The van der Waals surface area contributed by atoms with Crippen LogP contribution in [0.3, 0.4) is 0 Å². The summed E-state index contributed by atoms with van der Waals surface area (Å²) < 4.78 is 37.5. The maximum absolute atomic E-state index is 13.1. The van der Waals surface area contributed by atoms with Crippen LogP contribution in [0.1, 0.15) is 16.7 Å². The van der Waals surface area contributed by atoms with Crippen molar-refractivity contribution in [1.29, 1.82) is 0 Å². The maximum Gasteiger partial charge on any atom is 0.252 e. The van der Waals surface area contributed by atoms with Gasteiger partial charge >= 0.3 is 0 Å². The van der Waals surface area contributed by atoms with Gasteiger partial charge in [-0.15, -0.1) is 0 Å². The second kappa shape index (κ2) is 7.57. The van der Waals surface area contributed by atoms with E-state index in [1.165, 1.54) is 23.9 Å². The van der Waals surface area contributed by atoms with Crippen LogP contribution in [0.25, 0.3) is 0 Å². The Balaban J connectivity index is 1.67. The number of hydrogen-bond acceptors (Lipinski definition) is 4. The average molecular weight is 433 g/mol. The number of fused-ring (bicyclic) bond motifs is 1. The number of nitrogens with zero attached hydrogens (tertiary/aromatic N) is 2. The van der Waals surface area contributed by atoms with Crippen molar-refractivity contribution in [3.05, 3.63) is 65.0 Å². The first-order valence-electron chi connectivity index (χ1n) is 9.31. The summed E-state index contributed by atoms with van der Waals surface area (Å²) in [7, 11) is -3.11. The largest absolute Gasteiger partial charge is 0.315 e. The fraction of sp³-hybridized carbons (Fsp3) is 0.333. The Morgan fingerprint density at radius 3 is 2.62 bits per heavy atom. The van der Waals surface area contributed by atoms with E-state index in [9.17, 15) is 17.6 Å². The Hall–Kier alpha value is -2.19. The van der Waals surface area contributed by atoms with Gasteiger partial charge in [0.05, 0.1) is 24.0 Å². The van der Waals surface area contributed by atoms with Gasteiger partial charge in [0.15, 0.2) is 15.0 Å². The van der Waals surface area contributed by atoms with E-state index in [2.05, 4.69) is 4.99 Å². The number of thioether (sulfide) groups is 1. The molecule has 0 spiro atoms. The number of amides is 1. The standard InChI is InChI=1S/C21H21FN2O3S2/c1-13-3-4-14(2)17(9-13)24-18-11-29(26,27)12-19(18)28-21(24)23-20(25)10-15-5-7-16(22)8-6-15/h3-9,18-19H,10-12H2,1-2H3/t18-,19-/m0/s1. The van der Waals surface area contributed by atoms with E-state index in [0.29, 0.717) is 10.7 Å². The normalized spacial score (nSPS) is 24.1. The van der Waals surface area contributed by atoms with E-state index in [0.717, 1.165) is 16.8 Å². The maximum atomic E-state index is 13.1. The van der Waals surface area contributed by atoms with Crippen molar-refractivity contribution >= 4 is 38.4 Å². The fourth-order valence-electron chi connectivity index (χ4n) is 3.75. The number of aryl methyl sites for hydroxylation is 2. The van der Waals surface area contributed by atoms with E-state index in [-0.39, 0.29) is 40.9 Å². The molecule has 5 nitrogen and oxygen atoms in total. The summed E-state index contributed by atoms with van der Waals surface area (Å²) in [6, 6.07) is 11.5. The minimum absolute atomic E-state index is 0.0588. The molecule has 0 aromatic heterocycles. The molecule has 2 aliphatic heterocycles. The van der Waals surface area contributed by atoms with Crippen molar-refractivity contribution < 1.29 is 17.6 Å². The van der Waals surface area contributed by atoms with Gasteiger partial charge in [-0.25, -0.2) is 12.8 Å². The lowest BCUT2D eigenvalue weighted by Crippen LogP contribution is -2.38. The molecule has 29 heavy (non-hydrogen) atoms. The van der Waals surface area contributed by atoms with E-state index in [1.54, 1.807) is 12.1 Å². The summed E-state index contributed by atoms with van der Waals surface area (Å²) >= 11 is 1.36. The van der Waals surface area contributed by atoms with Crippen molar-refractivity contribution in [2.24, 2.45) is 4.99 Å². The van der Waals surface area contributed by atoms with Crippen LogP contribution in [0, 0.1) is 19.7 Å². The Morgan fingerprint density at radius 2 is 1.90 bits per heavy atom. The third-order valence-electron chi connectivity index (χ3n) is 5.18. The third-order valence-corrected chi connectivity index (χ3v) is 8.39. The van der Waals surface area contributed by atoms with Gasteiger partial charge in [0.1, 0.15) is 5.82 Å². The van der Waals surface area contributed by atoms with Crippen LogP contribution in [0.2, 0.25) is 0 Å². The number of amidine groups is 1. The van der Waals surface area contributed by atoms with Gasteiger partial charge in [-0.2, -0.15) is 4.99 Å². The number of aliphatic imine (C=N–C) groups is 1. The molecule has 0 aliphatic carbocycles. The van der Waals surface area contributed by atoms with Gasteiger partial charge in [-0.05, 0) is 48.7 Å². The molecule has 2 heterocycles. The molecule has 2 aliphatic rings. The quantitative estimate of drug-likeness (QED) is 0.745. The van der Waals surface area contributed by atoms with Gasteiger partial charge in [0.2, 0.25) is 0 Å². The monoisotopic (exact) mass is 432 g/mol. The molecular formula is C21H21FN2O3S2. The van der Waals surface area contributed by atoms with Gasteiger partial charge in [-0.3, -0.25) is 4.79 Å². The Bertz CT molecular complexity index is 1100. The lowest BCUT2D eigenvalue weighted by atomic mass is 10.1. The topological polar surface area (TPSA) is 66.8 Å². The highest BCUT2D eigenvalue weighted by atomic mass is 32.2. The third kappa shape index (κ3) is 4.23. The first-order chi connectivity index (χ1) is 13.7. The molecular weight excluding hydrogens is 411 g/mol. The molecule has 0 saturated carbocycles. The molecule has 2 aromatic carbocycles.